The fourth-order valence-electron chi connectivity index (χ4n) is 3.82. The molecule has 4 nitrogen and oxygen atoms in total. The molecule has 6 heteroatoms. The van der Waals surface area contributed by atoms with Gasteiger partial charge in [-0.1, -0.05) is 24.3 Å². The van der Waals surface area contributed by atoms with Gasteiger partial charge in [-0.15, -0.1) is 0 Å². The summed E-state index contributed by atoms with van der Waals surface area (Å²) in [6, 6.07) is 11.6. The maximum Gasteiger partial charge on any atom is 0.314 e. The molecule has 2 aliphatic rings. The number of rotatable bonds is 5. The van der Waals surface area contributed by atoms with E-state index in [0.717, 1.165) is 36.8 Å². The molecular formula is C21H22F2N2O2. The van der Waals surface area contributed by atoms with E-state index >= 15 is 0 Å². The standard InChI is InChI=1S/C21H22F2N2O2/c22-17-5-6-19(18(23)13-17)25-11-9-24(10-12-25)14-15-1-3-16(4-2-15)21(7-8-21)20(26)27/h1-6,13H,7-12,14H2,(H,26,27). The van der Waals surface area contributed by atoms with E-state index in [1.807, 2.05) is 29.2 Å². The lowest BCUT2D eigenvalue weighted by Gasteiger charge is -2.36. The van der Waals surface area contributed by atoms with Crippen LogP contribution < -0.4 is 4.90 Å². The molecule has 0 bridgehead atoms. The Morgan fingerprint density at radius 3 is 2.22 bits per heavy atom. The Labute approximate surface area is 157 Å². The summed E-state index contributed by atoms with van der Waals surface area (Å²) in [5.41, 5.74) is 1.81. The van der Waals surface area contributed by atoms with E-state index in [9.17, 15) is 18.7 Å². The molecule has 0 aromatic heterocycles. The number of halogens is 2. The van der Waals surface area contributed by atoms with Gasteiger partial charge in [0.1, 0.15) is 11.6 Å². The van der Waals surface area contributed by atoms with Crippen molar-refractivity contribution in [2.45, 2.75) is 24.8 Å². The monoisotopic (exact) mass is 372 g/mol. The van der Waals surface area contributed by atoms with Gasteiger partial charge in [0.2, 0.25) is 0 Å². The van der Waals surface area contributed by atoms with Crippen LogP contribution in [0.3, 0.4) is 0 Å². The van der Waals surface area contributed by atoms with Gasteiger partial charge in [0.05, 0.1) is 11.1 Å². The zero-order valence-corrected chi connectivity index (χ0v) is 15.0. The highest BCUT2D eigenvalue weighted by atomic mass is 19.1. The van der Waals surface area contributed by atoms with Crippen LogP contribution in [0.4, 0.5) is 14.5 Å². The SMILES string of the molecule is O=C(O)C1(c2ccc(CN3CCN(c4ccc(F)cc4F)CC3)cc2)CC1. The summed E-state index contributed by atoms with van der Waals surface area (Å²) < 4.78 is 27.0. The molecule has 1 heterocycles. The number of carboxylic acid groups (broad SMARTS) is 1. The molecule has 27 heavy (non-hydrogen) atoms. The van der Waals surface area contributed by atoms with E-state index < -0.39 is 23.0 Å². The number of piperazine rings is 1. The lowest BCUT2D eigenvalue weighted by molar-refractivity contribution is -0.140. The number of anilines is 1. The predicted molar refractivity (Wildman–Crippen MR) is 98.8 cm³/mol. The van der Waals surface area contributed by atoms with Crippen LogP contribution in [0, 0.1) is 11.6 Å². The molecule has 1 saturated carbocycles. The minimum absolute atomic E-state index is 0.448. The van der Waals surface area contributed by atoms with E-state index in [1.54, 1.807) is 0 Å². The maximum absolute atomic E-state index is 13.9. The van der Waals surface area contributed by atoms with Gasteiger partial charge < -0.3 is 10.0 Å². The summed E-state index contributed by atoms with van der Waals surface area (Å²) in [6.45, 7) is 3.72. The molecule has 2 fully saturated rings. The number of nitrogens with zero attached hydrogens (tertiary/aromatic N) is 2. The Bertz CT molecular complexity index is 842. The number of hydrogen-bond acceptors (Lipinski definition) is 3. The quantitative estimate of drug-likeness (QED) is 0.874. The Kier molecular flexibility index (Phi) is 4.60. The number of aliphatic carboxylic acids is 1. The fraction of sp³-hybridized carbons (Fsp3) is 0.381. The minimum Gasteiger partial charge on any atom is -0.481 e. The number of benzene rings is 2. The maximum atomic E-state index is 13.9. The summed E-state index contributed by atoms with van der Waals surface area (Å²) in [5, 5.41) is 9.38. The van der Waals surface area contributed by atoms with Crippen molar-refractivity contribution in [1.29, 1.82) is 0 Å². The van der Waals surface area contributed by atoms with Gasteiger partial charge in [-0.25, -0.2) is 8.78 Å². The zero-order valence-electron chi connectivity index (χ0n) is 15.0. The van der Waals surface area contributed by atoms with E-state index in [-0.39, 0.29) is 0 Å². The Morgan fingerprint density at radius 1 is 1.00 bits per heavy atom. The second kappa shape index (κ2) is 6.93. The Morgan fingerprint density at radius 2 is 1.67 bits per heavy atom. The van der Waals surface area contributed by atoms with Crippen molar-refractivity contribution in [3.8, 4) is 0 Å². The Balaban J connectivity index is 1.35. The lowest BCUT2D eigenvalue weighted by atomic mass is 9.95. The van der Waals surface area contributed by atoms with Gasteiger partial charge in [-0.05, 0) is 36.1 Å². The summed E-state index contributed by atoms with van der Waals surface area (Å²) in [7, 11) is 0. The summed E-state index contributed by atoms with van der Waals surface area (Å²) in [4.78, 5) is 15.6. The molecule has 1 aliphatic carbocycles. The van der Waals surface area contributed by atoms with Gasteiger partial charge in [0.15, 0.2) is 0 Å². The minimum atomic E-state index is -0.737. The Hall–Kier alpha value is -2.47. The van der Waals surface area contributed by atoms with E-state index in [4.69, 9.17) is 0 Å². The van der Waals surface area contributed by atoms with Crippen molar-refractivity contribution in [2.24, 2.45) is 0 Å². The number of carboxylic acids is 1. The van der Waals surface area contributed by atoms with Crippen molar-refractivity contribution in [2.75, 3.05) is 31.1 Å². The summed E-state index contributed by atoms with van der Waals surface area (Å²) in [6.07, 6.45) is 1.42. The molecule has 142 valence electrons. The van der Waals surface area contributed by atoms with Crippen molar-refractivity contribution >= 4 is 11.7 Å². The van der Waals surface area contributed by atoms with Gasteiger partial charge in [-0.2, -0.15) is 0 Å². The van der Waals surface area contributed by atoms with E-state index in [1.165, 1.54) is 12.1 Å². The molecule has 4 rings (SSSR count). The molecular weight excluding hydrogens is 350 g/mol. The van der Waals surface area contributed by atoms with Crippen LogP contribution in [0.25, 0.3) is 0 Å². The molecule has 1 aliphatic heterocycles. The first kappa shape index (κ1) is 17.9. The van der Waals surface area contributed by atoms with Gasteiger partial charge in [0, 0.05) is 38.8 Å². The topological polar surface area (TPSA) is 43.8 Å². The highest BCUT2D eigenvalue weighted by molar-refractivity contribution is 5.84. The third-order valence-electron chi connectivity index (χ3n) is 5.69. The largest absolute Gasteiger partial charge is 0.481 e. The van der Waals surface area contributed by atoms with Crippen LogP contribution in [0.1, 0.15) is 24.0 Å². The van der Waals surface area contributed by atoms with Crippen LogP contribution in [0.15, 0.2) is 42.5 Å². The highest BCUT2D eigenvalue weighted by Gasteiger charge is 2.51. The average molecular weight is 372 g/mol. The van der Waals surface area contributed by atoms with Crippen molar-refractivity contribution in [1.82, 2.24) is 4.90 Å². The molecule has 2 aromatic carbocycles. The number of carbonyl (C=O) groups is 1. The molecule has 1 N–H and O–H groups in total. The van der Waals surface area contributed by atoms with E-state index in [0.29, 0.717) is 31.6 Å². The van der Waals surface area contributed by atoms with Gasteiger partial charge in [0.25, 0.3) is 0 Å². The second-order valence-electron chi connectivity index (χ2n) is 7.44. The van der Waals surface area contributed by atoms with Gasteiger partial charge >= 0.3 is 5.97 Å². The zero-order chi connectivity index (χ0) is 19.0. The molecule has 2 aromatic rings. The molecule has 0 spiro atoms. The third kappa shape index (κ3) is 3.54. The normalized spacial score (nSPS) is 19.1. The van der Waals surface area contributed by atoms with Crippen molar-refractivity contribution in [3.05, 3.63) is 65.2 Å². The van der Waals surface area contributed by atoms with Crippen molar-refractivity contribution < 1.29 is 18.7 Å². The van der Waals surface area contributed by atoms with Gasteiger partial charge in [-0.3, -0.25) is 9.69 Å². The molecule has 1 saturated heterocycles. The average Bonchev–Trinajstić information content (AvgIpc) is 3.45. The third-order valence-corrected chi connectivity index (χ3v) is 5.69. The first-order valence-electron chi connectivity index (χ1n) is 9.23. The first-order valence-corrected chi connectivity index (χ1v) is 9.23. The number of hydrogen-bond donors (Lipinski definition) is 1. The molecule has 0 radical (unpaired) electrons. The van der Waals surface area contributed by atoms with Crippen molar-refractivity contribution in [3.63, 3.8) is 0 Å². The van der Waals surface area contributed by atoms with Crippen LogP contribution >= 0.6 is 0 Å². The smallest absolute Gasteiger partial charge is 0.314 e. The fourth-order valence-corrected chi connectivity index (χ4v) is 3.82. The molecule has 0 unspecified atom stereocenters. The van der Waals surface area contributed by atoms with Crippen LogP contribution in [-0.4, -0.2) is 42.2 Å². The lowest BCUT2D eigenvalue weighted by Crippen LogP contribution is -2.46. The van der Waals surface area contributed by atoms with Crippen LogP contribution in [0.5, 0.6) is 0 Å². The van der Waals surface area contributed by atoms with Crippen LogP contribution in [0.2, 0.25) is 0 Å². The first-order chi connectivity index (χ1) is 13.0. The molecule has 0 atom stereocenters. The highest BCUT2D eigenvalue weighted by Crippen LogP contribution is 2.48. The molecule has 0 amide bonds. The summed E-state index contributed by atoms with van der Waals surface area (Å²) >= 11 is 0. The second-order valence-corrected chi connectivity index (χ2v) is 7.44. The summed E-state index contributed by atoms with van der Waals surface area (Å²) in [5.74, 6) is -1.82. The van der Waals surface area contributed by atoms with Crippen LogP contribution in [-0.2, 0) is 16.8 Å². The predicted octanol–water partition coefficient (Wildman–Crippen LogP) is 3.40. The van der Waals surface area contributed by atoms with E-state index in [2.05, 4.69) is 4.90 Å².